The van der Waals surface area contributed by atoms with E-state index in [0.29, 0.717) is 24.0 Å². The van der Waals surface area contributed by atoms with Gasteiger partial charge in [0.15, 0.2) is 0 Å². The van der Waals surface area contributed by atoms with Gasteiger partial charge in [-0.1, -0.05) is 12.6 Å². The van der Waals surface area contributed by atoms with Gasteiger partial charge in [-0.3, -0.25) is 10.1 Å². The highest BCUT2D eigenvalue weighted by Crippen LogP contribution is 2.27. The topological polar surface area (TPSA) is 64.4 Å². The zero-order chi connectivity index (χ0) is 13.8. The maximum Gasteiger partial charge on any atom is 0.276 e. The summed E-state index contributed by atoms with van der Waals surface area (Å²) in [5, 5.41) is 14.2. The number of nitrogens with one attached hydrogen (secondary N) is 1. The first-order chi connectivity index (χ1) is 9.08. The second-order valence-corrected chi connectivity index (χ2v) is 4.85. The first-order valence-corrected chi connectivity index (χ1v) is 6.34. The summed E-state index contributed by atoms with van der Waals surface area (Å²) in [7, 11) is 0. The summed E-state index contributed by atoms with van der Waals surface area (Å²) in [5.41, 5.74) is 1.58. The number of nitrogens with zero attached hydrogens (tertiary/aromatic N) is 1. The Hall–Kier alpha value is -1.88. The lowest BCUT2D eigenvalue weighted by Crippen LogP contribution is -2.21. The molecule has 1 fully saturated rings. The molecule has 1 N–H and O–H groups in total. The van der Waals surface area contributed by atoms with E-state index < -0.39 is 4.92 Å². The molecular weight excluding hydrogens is 244 g/mol. The van der Waals surface area contributed by atoms with Crippen LogP contribution < -0.4 is 10.1 Å². The Kier molecular flexibility index (Phi) is 4.16. The van der Waals surface area contributed by atoms with Crippen molar-refractivity contribution in [3.8, 4) is 5.75 Å². The number of rotatable bonds is 7. The molecule has 2 rings (SSSR count). The molecule has 0 unspecified atom stereocenters. The van der Waals surface area contributed by atoms with E-state index in [0.717, 1.165) is 12.1 Å². The van der Waals surface area contributed by atoms with Gasteiger partial charge in [0.05, 0.1) is 10.5 Å². The molecule has 0 amide bonds. The van der Waals surface area contributed by atoms with Crippen LogP contribution in [0.5, 0.6) is 5.75 Å². The summed E-state index contributed by atoms with van der Waals surface area (Å²) < 4.78 is 5.60. The van der Waals surface area contributed by atoms with E-state index in [1.54, 1.807) is 19.1 Å². The molecule has 0 aromatic heterocycles. The van der Waals surface area contributed by atoms with Crippen molar-refractivity contribution in [1.82, 2.24) is 5.32 Å². The fraction of sp³-hybridized carbons (Fsp3) is 0.429. The van der Waals surface area contributed by atoms with Crippen molar-refractivity contribution in [2.75, 3.05) is 13.2 Å². The fourth-order valence-corrected chi connectivity index (χ4v) is 1.76. The van der Waals surface area contributed by atoms with Crippen LogP contribution in [0.1, 0.15) is 18.4 Å². The van der Waals surface area contributed by atoms with Crippen molar-refractivity contribution < 1.29 is 9.66 Å². The van der Waals surface area contributed by atoms with E-state index in [1.807, 2.05) is 0 Å². The molecule has 0 atom stereocenters. The summed E-state index contributed by atoms with van der Waals surface area (Å²) in [6.07, 6.45) is 2.47. The molecule has 0 aliphatic heterocycles. The summed E-state index contributed by atoms with van der Waals surface area (Å²) in [6, 6.07) is 5.48. The number of ether oxygens (including phenoxy) is 1. The summed E-state index contributed by atoms with van der Waals surface area (Å²) in [4.78, 5) is 10.4. The van der Waals surface area contributed by atoms with Crippen LogP contribution in [0.25, 0.3) is 0 Å². The molecule has 1 aliphatic carbocycles. The van der Waals surface area contributed by atoms with Gasteiger partial charge in [-0.05, 0) is 31.4 Å². The molecule has 1 saturated carbocycles. The molecule has 0 saturated heterocycles. The lowest BCUT2D eigenvalue weighted by Gasteiger charge is -2.11. The van der Waals surface area contributed by atoms with Gasteiger partial charge in [0.25, 0.3) is 5.69 Å². The molecule has 1 aromatic rings. The normalized spacial score (nSPS) is 14.2. The zero-order valence-electron chi connectivity index (χ0n) is 11.0. The molecule has 0 heterocycles. The van der Waals surface area contributed by atoms with Crippen LogP contribution in [0.3, 0.4) is 0 Å². The van der Waals surface area contributed by atoms with Crippen LogP contribution in [0, 0.1) is 17.0 Å². The third-order valence-electron chi connectivity index (χ3n) is 3.10. The predicted molar refractivity (Wildman–Crippen MR) is 73.5 cm³/mol. The first kappa shape index (κ1) is 13.5. The molecular formula is C14H18N2O3. The highest BCUT2D eigenvalue weighted by atomic mass is 16.6. The predicted octanol–water partition coefficient (Wildman–Crippen LogP) is 2.59. The summed E-state index contributed by atoms with van der Waals surface area (Å²) in [6.45, 7) is 6.74. The monoisotopic (exact) mass is 262 g/mol. The van der Waals surface area contributed by atoms with E-state index >= 15 is 0 Å². The molecule has 0 radical (unpaired) electrons. The Bertz CT molecular complexity index is 495. The van der Waals surface area contributed by atoms with Crippen molar-refractivity contribution in [2.24, 2.45) is 0 Å². The van der Waals surface area contributed by atoms with Gasteiger partial charge in [-0.25, -0.2) is 0 Å². The Labute approximate surface area is 112 Å². The van der Waals surface area contributed by atoms with Crippen molar-refractivity contribution >= 4 is 5.69 Å². The quantitative estimate of drug-likeness (QED) is 0.466. The summed E-state index contributed by atoms with van der Waals surface area (Å²) in [5.74, 6) is 0.543. The van der Waals surface area contributed by atoms with Gasteiger partial charge < -0.3 is 10.1 Å². The number of hydrogen-bond donors (Lipinski definition) is 1. The SMILES string of the molecule is C=C(CNC1CC1)COc1cccc([N+](=O)[O-])c1C. The van der Waals surface area contributed by atoms with E-state index in [1.165, 1.54) is 18.9 Å². The average molecular weight is 262 g/mol. The van der Waals surface area contributed by atoms with Crippen molar-refractivity contribution in [2.45, 2.75) is 25.8 Å². The van der Waals surface area contributed by atoms with Gasteiger partial charge in [0.1, 0.15) is 12.4 Å². The molecule has 0 bridgehead atoms. The van der Waals surface area contributed by atoms with Gasteiger partial charge in [0, 0.05) is 18.7 Å². The Morgan fingerprint density at radius 2 is 2.32 bits per heavy atom. The third kappa shape index (κ3) is 3.79. The van der Waals surface area contributed by atoms with Crippen LogP contribution >= 0.6 is 0 Å². The van der Waals surface area contributed by atoms with Crippen LogP contribution in [-0.4, -0.2) is 24.1 Å². The smallest absolute Gasteiger partial charge is 0.276 e. The van der Waals surface area contributed by atoms with Crippen molar-refractivity contribution in [3.63, 3.8) is 0 Å². The second kappa shape index (κ2) is 5.84. The number of benzene rings is 1. The second-order valence-electron chi connectivity index (χ2n) is 4.85. The number of nitro benzene ring substituents is 1. The van der Waals surface area contributed by atoms with E-state index in [9.17, 15) is 10.1 Å². The Morgan fingerprint density at radius 3 is 2.95 bits per heavy atom. The maximum atomic E-state index is 10.8. The molecule has 0 spiro atoms. The highest BCUT2D eigenvalue weighted by molar-refractivity contribution is 5.48. The van der Waals surface area contributed by atoms with Crippen LogP contribution in [0.15, 0.2) is 30.4 Å². The number of hydrogen-bond acceptors (Lipinski definition) is 4. The fourth-order valence-electron chi connectivity index (χ4n) is 1.76. The van der Waals surface area contributed by atoms with Crippen LogP contribution in [0.2, 0.25) is 0 Å². The molecule has 19 heavy (non-hydrogen) atoms. The third-order valence-corrected chi connectivity index (χ3v) is 3.10. The van der Waals surface area contributed by atoms with Crippen molar-refractivity contribution in [1.29, 1.82) is 0 Å². The summed E-state index contributed by atoms with van der Waals surface area (Å²) >= 11 is 0. The largest absolute Gasteiger partial charge is 0.489 e. The lowest BCUT2D eigenvalue weighted by atomic mass is 10.2. The Balaban J connectivity index is 1.89. The maximum absolute atomic E-state index is 10.8. The zero-order valence-corrected chi connectivity index (χ0v) is 11.0. The average Bonchev–Trinajstić information content (AvgIpc) is 3.18. The Morgan fingerprint density at radius 1 is 1.58 bits per heavy atom. The van der Waals surface area contributed by atoms with Crippen LogP contribution in [-0.2, 0) is 0 Å². The molecule has 5 heteroatoms. The molecule has 5 nitrogen and oxygen atoms in total. The molecule has 1 aliphatic rings. The van der Waals surface area contributed by atoms with Crippen molar-refractivity contribution in [3.05, 3.63) is 46.0 Å². The highest BCUT2D eigenvalue weighted by Gasteiger charge is 2.20. The molecule has 102 valence electrons. The van der Waals surface area contributed by atoms with Gasteiger partial charge in [-0.2, -0.15) is 0 Å². The van der Waals surface area contributed by atoms with Crippen LogP contribution in [0.4, 0.5) is 5.69 Å². The van der Waals surface area contributed by atoms with Gasteiger partial charge in [0.2, 0.25) is 0 Å². The van der Waals surface area contributed by atoms with Gasteiger partial charge in [-0.15, -0.1) is 0 Å². The minimum absolute atomic E-state index is 0.0826. The van der Waals surface area contributed by atoms with E-state index in [2.05, 4.69) is 11.9 Å². The first-order valence-electron chi connectivity index (χ1n) is 6.34. The van der Waals surface area contributed by atoms with Gasteiger partial charge >= 0.3 is 0 Å². The minimum atomic E-state index is -0.397. The minimum Gasteiger partial charge on any atom is -0.489 e. The lowest BCUT2D eigenvalue weighted by molar-refractivity contribution is -0.385. The number of nitro groups is 1. The van der Waals surface area contributed by atoms with E-state index in [4.69, 9.17) is 4.74 Å². The van der Waals surface area contributed by atoms with E-state index in [-0.39, 0.29) is 5.69 Å². The standard InChI is InChI=1S/C14H18N2O3/c1-10(8-15-12-6-7-12)9-19-14-5-3-4-13(11(14)2)16(17)18/h3-5,12,15H,1,6-9H2,2H3. The molecule has 1 aromatic carbocycles.